The highest BCUT2D eigenvalue weighted by molar-refractivity contribution is 5.97. The number of amides is 2. The lowest BCUT2D eigenvalue weighted by Crippen LogP contribution is -2.37. The van der Waals surface area contributed by atoms with E-state index in [9.17, 15) is 19.5 Å². The number of hydrogen-bond acceptors (Lipinski definition) is 3. The van der Waals surface area contributed by atoms with E-state index in [1.807, 2.05) is 0 Å². The molecule has 0 spiro atoms. The molecule has 2 aliphatic carbocycles. The third-order valence-electron chi connectivity index (χ3n) is 4.95. The first-order valence-electron chi connectivity index (χ1n) is 7.87. The van der Waals surface area contributed by atoms with Gasteiger partial charge in [-0.3, -0.25) is 14.4 Å². The summed E-state index contributed by atoms with van der Waals surface area (Å²) < 4.78 is 0. The maximum Gasteiger partial charge on any atom is 0.307 e. The molecule has 2 aliphatic rings. The van der Waals surface area contributed by atoms with E-state index in [1.165, 1.54) is 6.92 Å². The highest BCUT2D eigenvalue weighted by Gasteiger charge is 2.53. The number of nitrogens with one attached hydrogen (secondary N) is 2. The summed E-state index contributed by atoms with van der Waals surface area (Å²) in [4.78, 5) is 35.2. The Hall–Kier alpha value is -2.37. The predicted molar refractivity (Wildman–Crippen MR) is 84.8 cm³/mol. The minimum atomic E-state index is -0.871. The van der Waals surface area contributed by atoms with Crippen molar-refractivity contribution in [2.24, 2.45) is 23.7 Å². The lowest BCUT2D eigenvalue weighted by Gasteiger charge is -2.27. The van der Waals surface area contributed by atoms with Crippen molar-refractivity contribution in [1.29, 1.82) is 0 Å². The van der Waals surface area contributed by atoms with E-state index in [4.69, 9.17) is 0 Å². The monoisotopic (exact) mass is 316 g/mol. The van der Waals surface area contributed by atoms with E-state index < -0.39 is 17.8 Å². The highest BCUT2D eigenvalue weighted by atomic mass is 16.4. The van der Waals surface area contributed by atoms with Crippen molar-refractivity contribution < 1.29 is 19.5 Å². The van der Waals surface area contributed by atoms with Crippen molar-refractivity contribution in [2.45, 2.75) is 26.2 Å². The Kier molecular flexibility index (Phi) is 4.07. The van der Waals surface area contributed by atoms with Crippen LogP contribution in [-0.2, 0) is 14.4 Å². The molecular formula is C17H20N2O4. The number of carboxylic acids is 1. The molecule has 0 radical (unpaired) electrons. The Morgan fingerprint density at radius 2 is 1.65 bits per heavy atom. The molecule has 23 heavy (non-hydrogen) atoms. The van der Waals surface area contributed by atoms with E-state index in [2.05, 4.69) is 10.6 Å². The van der Waals surface area contributed by atoms with Crippen molar-refractivity contribution in [3.63, 3.8) is 0 Å². The summed E-state index contributed by atoms with van der Waals surface area (Å²) in [6.07, 6.45) is 2.67. The van der Waals surface area contributed by atoms with Gasteiger partial charge >= 0.3 is 5.97 Å². The summed E-state index contributed by atoms with van der Waals surface area (Å²) in [7, 11) is 0. The molecule has 0 aliphatic heterocycles. The van der Waals surface area contributed by atoms with Gasteiger partial charge in [0.15, 0.2) is 0 Å². The minimum absolute atomic E-state index is 0.124. The van der Waals surface area contributed by atoms with Gasteiger partial charge in [-0.15, -0.1) is 0 Å². The summed E-state index contributed by atoms with van der Waals surface area (Å²) in [6, 6.07) is 6.86. The topological polar surface area (TPSA) is 95.5 Å². The van der Waals surface area contributed by atoms with Crippen molar-refractivity contribution in [1.82, 2.24) is 0 Å². The fraction of sp³-hybridized carbons (Fsp3) is 0.471. The van der Waals surface area contributed by atoms with Crippen LogP contribution in [0.15, 0.2) is 24.3 Å². The lowest BCUT2D eigenvalue weighted by atomic mass is 9.78. The normalized spacial score (nSPS) is 28.4. The fourth-order valence-corrected chi connectivity index (χ4v) is 4.13. The van der Waals surface area contributed by atoms with Crippen LogP contribution >= 0.6 is 0 Å². The second-order valence-corrected chi connectivity index (χ2v) is 6.47. The van der Waals surface area contributed by atoms with Gasteiger partial charge in [0.1, 0.15) is 0 Å². The summed E-state index contributed by atoms with van der Waals surface area (Å²) in [5.74, 6) is -2.04. The molecule has 2 bridgehead atoms. The SMILES string of the molecule is CC(=O)Nc1cccc(NC(=O)[C@@H]2[C@H]3CC[C@@H](C3)[C@@H]2C(=O)O)c1. The standard InChI is InChI=1S/C17H20N2O4/c1-9(20)18-12-3-2-4-13(8-12)19-16(21)14-10-5-6-11(7-10)15(14)17(22)23/h2-4,8,10-11,14-15H,5-7H2,1H3,(H,18,20)(H,19,21)(H,22,23)/t10-,11-,14+,15-/m0/s1. The molecule has 0 saturated heterocycles. The molecule has 6 nitrogen and oxygen atoms in total. The Morgan fingerprint density at radius 3 is 2.26 bits per heavy atom. The number of anilines is 2. The number of fused-ring (bicyclic) bond motifs is 2. The lowest BCUT2D eigenvalue weighted by molar-refractivity contribution is -0.148. The second kappa shape index (κ2) is 6.02. The molecule has 0 unspecified atom stereocenters. The first-order valence-corrected chi connectivity index (χ1v) is 7.87. The third-order valence-corrected chi connectivity index (χ3v) is 4.95. The van der Waals surface area contributed by atoms with Crippen LogP contribution in [0.5, 0.6) is 0 Å². The van der Waals surface area contributed by atoms with Gasteiger partial charge in [0.05, 0.1) is 11.8 Å². The van der Waals surface area contributed by atoms with Gasteiger partial charge in [-0.05, 0) is 49.3 Å². The number of benzene rings is 1. The molecule has 0 heterocycles. The molecule has 2 fully saturated rings. The molecule has 1 aromatic rings. The van der Waals surface area contributed by atoms with E-state index in [-0.39, 0.29) is 23.7 Å². The van der Waals surface area contributed by atoms with Gasteiger partial charge in [0.25, 0.3) is 0 Å². The van der Waals surface area contributed by atoms with Crippen LogP contribution in [0, 0.1) is 23.7 Å². The zero-order chi connectivity index (χ0) is 16.6. The summed E-state index contributed by atoms with van der Waals surface area (Å²) in [5, 5.41) is 14.9. The van der Waals surface area contributed by atoms with E-state index in [0.717, 1.165) is 19.3 Å². The molecule has 0 aromatic heterocycles. The molecule has 2 amide bonds. The van der Waals surface area contributed by atoms with Crippen molar-refractivity contribution in [3.05, 3.63) is 24.3 Å². The number of carbonyl (C=O) groups is 3. The van der Waals surface area contributed by atoms with Gasteiger partial charge < -0.3 is 15.7 Å². The smallest absolute Gasteiger partial charge is 0.307 e. The van der Waals surface area contributed by atoms with Gasteiger partial charge in [-0.1, -0.05) is 6.07 Å². The number of aliphatic carboxylic acids is 1. The van der Waals surface area contributed by atoms with E-state index >= 15 is 0 Å². The predicted octanol–water partition coefficient (Wildman–Crippen LogP) is 2.33. The third kappa shape index (κ3) is 3.06. The maximum atomic E-state index is 12.6. The van der Waals surface area contributed by atoms with E-state index in [1.54, 1.807) is 24.3 Å². The number of carbonyl (C=O) groups excluding carboxylic acids is 2. The summed E-state index contributed by atoms with van der Waals surface area (Å²) >= 11 is 0. The number of hydrogen-bond donors (Lipinski definition) is 3. The zero-order valence-corrected chi connectivity index (χ0v) is 12.9. The summed E-state index contributed by atoms with van der Waals surface area (Å²) in [5.41, 5.74) is 1.16. The summed E-state index contributed by atoms with van der Waals surface area (Å²) in [6.45, 7) is 1.41. The van der Waals surface area contributed by atoms with Gasteiger partial charge in [-0.25, -0.2) is 0 Å². The first-order chi connectivity index (χ1) is 11.0. The Balaban J connectivity index is 1.74. The molecule has 2 saturated carbocycles. The minimum Gasteiger partial charge on any atom is -0.481 e. The molecule has 1 aromatic carbocycles. The van der Waals surface area contributed by atoms with E-state index in [0.29, 0.717) is 11.4 Å². The maximum absolute atomic E-state index is 12.6. The Labute approximate surface area is 134 Å². The molecule has 3 rings (SSSR count). The van der Waals surface area contributed by atoms with Crippen LogP contribution in [0.25, 0.3) is 0 Å². The number of carboxylic acid groups (broad SMARTS) is 1. The Bertz CT molecular complexity index is 658. The Morgan fingerprint density at radius 1 is 1.04 bits per heavy atom. The van der Waals surface area contributed by atoms with Gasteiger partial charge in [0.2, 0.25) is 11.8 Å². The highest BCUT2D eigenvalue weighted by Crippen LogP contribution is 2.52. The average molecular weight is 316 g/mol. The van der Waals surface area contributed by atoms with Crippen LogP contribution < -0.4 is 10.6 Å². The van der Waals surface area contributed by atoms with Crippen LogP contribution in [0.1, 0.15) is 26.2 Å². The quantitative estimate of drug-likeness (QED) is 0.794. The van der Waals surface area contributed by atoms with Gasteiger partial charge in [-0.2, -0.15) is 0 Å². The van der Waals surface area contributed by atoms with Crippen LogP contribution in [0.3, 0.4) is 0 Å². The molecular weight excluding hydrogens is 296 g/mol. The average Bonchev–Trinajstić information content (AvgIpc) is 3.07. The van der Waals surface area contributed by atoms with Crippen LogP contribution in [0.4, 0.5) is 11.4 Å². The van der Waals surface area contributed by atoms with Crippen molar-refractivity contribution in [3.8, 4) is 0 Å². The number of rotatable bonds is 4. The molecule has 6 heteroatoms. The van der Waals surface area contributed by atoms with Crippen LogP contribution in [-0.4, -0.2) is 22.9 Å². The van der Waals surface area contributed by atoms with Crippen molar-refractivity contribution >= 4 is 29.2 Å². The zero-order valence-electron chi connectivity index (χ0n) is 12.9. The molecule has 122 valence electrons. The molecule has 3 N–H and O–H groups in total. The van der Waals surface area contributed by atoms with Crippen LogP contribution in [0.2, 0.25) is 0 Å². The fourth-order valence-electron chi connectivity index (χ4n) is 4.13. The van der Waals surface area contributed by atoms with Crippen molar-refractivity contribution in [2.75, 3.05) is 10.6 Å². The molecule has 4 atom stereocenters. The largest absolute Gasteiger partial charge is 0.481 e. The van der Waals surface area contributed by atoms with Gasteiger partial charge in [0, 0.05) is 18.3 Å². The second-order valence-electron chi connectivity index (χ2n) is 6.47. The first kappa shape index (κ1) is 15.5.